The van der Waals surface area contributed by atoms with E-state index in [-0.39, 0.29) is 18.9 Å². The Labute approximate surface area is 113 Å². The summed E-state index contributed by atoms with van der Waals surface area (Å²) in [4.78, 5) is 23.7. The Morgan fingerprint density at radius 3 is 2.21 bits per heavy atom. The average Bonchev–Trinajstić information content (AvgIpc) is 2.09. The van der Waals surface area contributed by atoms with Crippen LogP contribution in [0.3, 0.4) is 0 Å². The van der Waals surface area contributed by atoms with Crippen molar-refractivity contribution in [3.8, 4) is 0 Å². The summed E-state index contributed by atoms with van der Waals surface area (Å²) in [6.07, 6.45) is -1.26. The van der Waals surface area contributed by atoms with E-state index < -0.39 is 29.3 Å². The molecule has 2 N–H and O–H groups in total. The van der Waals surface area contributed by atoms with Crippen molar-refractivity contribution >= 4 is 12.1 Å². The fourth-order valence-electron chi connectivity index (χ4n) is 1.89. The Morgan fingerprint density at radius 1 is 1.32 bits per heavy atom. The summed E-state index contributed by atoms with van der Waals surface area (Å²) in [5.41, 5.74) is -1.80. The number of aliphatic hydroxyl groups is 1. The lowest BCUT2D eigenvalue weighted by molar-refractivity contribution is -0.165. The van der Waals surface area contributed by atoms with Gasteiger partial charge in [-0.3, -0.25) is 0 Å². The minimum atomic E-state index is -1.16. The average molecular weight is 273 g/mol. The second-order valence-corrected chi connectivity index (χ2v) is 6.23. The highest BCUT2D eigenvalue weighted by Crippen LogP contribution is 2.34. The third-order valence-electron chi connectivity index (χ3n) is 2.64. The molecule has 1 aliphatic rings. The molecule has 1 amide bonds. The van der Waals surface area contributed by atoms with Gasteiger partial charge in [-0.05, 0) is 34.6 Å². The van der Waals surface area contributed by atoms with Crippen LogP contribution in [0.15, 0.2) is 0 Å². The number of amides is 1. The molecule has 110 valence electrons. The van der Waals surface area contributed by atoms with E-state index in [1.165, 1.54) is 0 Å². The number of ether oxygens (including phenoxy) is 2. The molecule has 0 spiro atoms. The summed E-state index contributed by atoms with van der Waals surface area (Å²) in [6.45, 7) is 8.67. The molecule has 0 aromatic heterocycles. The molecule has 0 bridgehead atoms. The quantitative estimate of drug-likeness (QED) is 0.758. The van der Waals surface area contributed by atoms with Crippen molar-refractivity contribution in [2.75, 3.05) is 0 Å². The van der Waals surface area contributed by atoms with Crippen LogP contribution in [0.1, 0.15) is 47.5 Å². The van der Waals surface area contributed by atoms with Crippen LogP contribution in [-0.2, 0) is 14.3 Å². The Balaban J connectivity index is 2.68. The van der Waals surface area contributed by atoms with Gasteiger partial charge < -0.3 is 19.9 Å². The molecule has 1 rings (SSSR count). The number of carbonyl (C=O) groups is 2. The molecule has 0 aromatic carbocycles. The van der Waals surface area contributed by atoms with Crippen molar-refractivity contribution in [1.82, 2.24) is 5.32 Å². The van der Waals surface area contributed by atoms with Gasteiger partial charge >= 0.3 is 12.1 Å². The summed E-state index contributed by atoms with van der Waals surface area (Å²) in [6, 6.07) is 0. The number of aliphatic hydroxyl groups excluding tert-OH is 1. The Hall–Kier alpha value is -1.30. The second-order valence-electron chi connectivity index (χ2n) is 6.23. The van der Waals surface area contributed by atoms with Crippen molar-refractivity contribution in [3.05, 3.63) is 0 Å². The molecule has 0 radical (unpaired) electrons. The summed E-state index contributed by atoms with van der Waals surface area (Å²) in [5.74, 6) is -0.529. The molecule has 6 nitrogen and oxygen atoms in total. The van der Waals surface area contributed by atoms with Crippen LogP contribution in [-0.4, -0.2) is 40.5 Å². The number of carbonyl (C=O) groups excluding carboxylic acids is 2. The van der Waals surface area contributed by atoms with Crippen LogP contribution in [0.5, 0.6) is 0 Å². The molecule has 0 aromatic rings. The van der Waals surface area contributed by atoms with Crippen LogP contribution in [0, 0.1) is 0 Å². The van der Waals surface area contributed by atoms with Gasteiger partial charge in [0.25, 0.3) is 0 Å². The van der Waals surface area contributed by atoms with Gasteiger partial charge in [-0.15, -0.1) is 0 Å². The van der Waals surface area contributed by atoms with Gasteiger partial charge in [0.05, 0.1) is 12.2 Å². The molecule has 19 heavy (non-hydrogen) atoms. The van der Waals surface area contributed by atoms with E-state index in [4.69, 9.17) is 9.47 Å². The van der Waals surface area contributed by atoms with Crippen LogP contribution in [0.25, 0.3) is 0 Å². The van der Waals surface area contributed by atoms with Gasteiger partial charge in [0.1, 0.15) is 11.1 Å². The number of nitrogens with one attached hydrogen (secondary N) is 1. The standard InChI is InChI=1S/C13H23NO5/c1-8(2)18-10(16)13(6-9(15)7-13)14-11(17)19-12(3,4)5/h8-9,15H,6-7H2,1-5H3,(H,14,17). The lowest BCUT2D eigenvalue weighted by atomic mass is 9.74. The predicted molar refractivity (Wildman–Crippen MR) is 68.6 cm³/mol. The third kappa shape index (κ3) is 4.38. The van der Waals surface area contributed by atoms with Crippen molar-refractivity contribution in [2.24, 2.45) is 0 Å². The summed E-state index contributed by atoms with van der Waals surface area (Å²) < 4.78 is 10.2. The number of alkyl carbamates (subject to hydrolysis) is 1. The largest absolute Gasteiger partial charge is 0.461 e. The van der Waals surface area contributed by atoms with E-state index in [0.29, 0.717) is 0 Å². The molecular weight excluding hydrogens is 250 g/mol. The van der Waals surface area contributed by atoms with Crippen LogP contribution < -0.4 is 5.32 Å². The van der Waals surface area contributed by atoms with E-state index in [1.54, 1.807) is 34.6 Å². The van der Waals surface area contributed by atoms with Crippen LogP contribution in [0.4, 0.5) is 4.79 Å². The molecule has 1 aliphatic carbocycles. The minimum Gasteiger partial charge on any atom is -0.461 e. The smallest absolute Gasteiger partial charge is 0.408 e. The molecule has 0 aliphatic heterocycles. The lowest BCUT2D eigenvalue weighted by Gasteiger charge is -2.43. The van der Waals surface area contributed by atoms with E-state index in [0.717, 1.165) is 0 Å². The van der Waals surface area contributed by atoms with Gasteiger partial charge in [0, 0.05) is 12.8 Å². The first-order valence-corrected chi connectivity index (χ1v) is 6.44. The number of hydrogen-bond donors (Lipinski definition) is 2. The maximum atomic E-state index is 12.0. The van der Waals surface area contributed by atoms with Crippen molar-refractivity contribution < 1.29 is 24.2 Å². The van der Waals surface area contributed by atoms with Gasteiger partial charge in [0.15, 0.2) is 0 Å². The zero-order chi connectivity index (χ0) is 14.8. The van der Waals surface area contributed by atoms with E-state index in [9.17, 15) is 14.7 Å². The Morgan fingerprint density at radius 2 is 1.84 bits per heavy atom. The third-order valence-corrected chi connectivity index (χ3v) is 2.64. The molecule has 0 unspecified atom stereocenters. The second kappa shape index (κ2) is 5.36. The molecule has 6 heteroatoms. The highest BCUT2D eigenvalue weighted by molar-refractivity contribution is 5.87. The number of esters is 1. The summed E-state index contributed by atoms with van der Waals surface area (Å²) in [5, 5.41) is 11.9. The van der Waals surface area contributed by atoms with E-state index in [1.807, 2.05) is 0 Å². The first kappa shape index (κ1) is 15.8. The minimum absolute atomic E-state index is 0.151. The predicted octanol–water partition coefficient (Wildman–Crippen LogP) is 1.36. The highest BCUT2D eigenvalue weighted by Gasteiger charge is 2.53. The van der Waals surface area contributed by atoms with Gasteiger partial charge in [-0.25, -0.2) is 9.59 Å². The van der Waals surface area contributed by atoms with Crippen LogP contribution >= 0.6 is 0 Å². The molecular formula is C13H23NO5. The van der Waals surface area contributed by atoms with Crippen LogP contribution in [0.2, 0.25) is 0 Å². The van der Waals surface area contributed by atoms with E-state index >= 15 is 0 Å². The normalized spacial score (nSPS) is 26.6. The molecule has 1 saturated carbocycles. The Bertz CT molecular complexity index is 353. The number of hydrogen-bond acceptors (Lipinski definition) is 5. The van der Waals surface area contributed by atoms with E-state index in [2.05, 4.69) is 5.32 Å². The van der Waals surface area contributed by atoms with Gasteiger partial charge in [-0.1, -0.05) is 0 Å². The maximum Gasteiger partial charge on any atom is 0.408 e. The molecule has 1 fully saturated rings. The fraction of sp³-hybridized carbons (Fsp3) is 0.846. The molecule has 0 atom stereocenters. The number of rotatable bonds is 3. The first-order valence-electron chi connectivity index (χ1n) is 6.44. The lowest BCUT2D eigenvalue weighted by Crippen LogP contribution is -2.65. The zero-order valence-corrected chi connectivity index (χ0v) is 12.1. The molecule has 0 heterocycles. The zero-order valence-electron chi connectivity index (χ0n) is 12.1. The maximum absolute atomic E-state index is 12.0. The van der Waals surface area contributed by atoms with Gasteiger partial charge in [-0.2, -0.15) is 0 Å². The Kier molecular flexibility index (Phi) is 4.45. The van der Waals surface area contributed by atoms with Crippen molar-refractivity contribution in [3.63, 3.8) is 0 Å². The van der Waals surface area contributed by atoms with Crippen molar-refractivity contribution in [1.29, 1.82) is 0 Å². The highest BCUT2D eigenvalue weighted by atomic mass is 16.6. The first-order chi connectivity index (χ1) is 8.54. The van der Waals surface area contributed by atoms with Gasteiger partial charge in [0.2, 0.25) is 0 Å². The SMILES string of the molecule is CC(C)OC(=O)C1(NC(=O)OC(C)(C)C)CC(O)C1. The monoisotopic (exact) mass is 273 g/mol. The fourth-order valence-corrected chi connectivity index (χ4v) is 1.89. The van der Waals surface area contributed by atoms with Crippen molar-refractivity contribution in [2.45, 2.75) is 70.8 Å². The molecule has 0 saturated heterocycles. The summed E-state index contributed by atoms with van der Waals surface area (Å²) in [7, 11) is 0. The summed E-state index contributed by atoms with van der Waals surface area (Å²) >= 11 is 0. The topological polar surface area (TPSA) is 84.9 Å².